The Morgan fingerprint density at radius 2 is 1.83 bits per heavy atom. The standard InChI is InChI=1S/C14H13N3O/c15-7-10-18-14-3-1-13(2-4-14)17-11-12-5-8-16-9-6-12/h1-6,8-9,17H,10-11H2. The van der Waals surface area contributed by atoms with Gasteiger partial charge in [-0.15, -0.1) is 0 Å². The molecule has 0 saturated heterocycles. The number of aromatic nitrogens is 1. The zero-order valence-electron chi connectivity index (χ0n) is 9.84. The van der Waals surface area contributed by atoms with Crippen LogP contribution in [0.2, 0.25) is 0 Å². The van der Waals surface area contributed by atoms with Crippen LogP contribution < -0.4 is 10.1 Å². The van der Waals surface area contributed by atoms with Crippen molar-refractivity contribution in [2.75, 3.05) is 11.9 Å². The van der Waals surface area contributed by atoms with E-state index in [1.165, 1.54) is 5.56 Å². The number of pyridine rings is 1. The fraction of sp³-hybridized carbons (Fsp3) is 0.143. The summed E-state index contributed by atoms with van der Waals surface area (Å²) in [5.41, 5.74) is 2.19. The second-order valence-corrected chi connectivity index (χ2v) is 3.68. The molecule has 1 aromatic heterocycles. The molecule has 1 aromatic carbocycles. The quantitative estimate of drug-likeness (QED) is 0.871. The van der Waals surface area contributed by atoms with Gasteiger partial charge in [0, 0.05) is 24.6 Å². The summed E-state index contributed by atoms with van der Waals surface area (Å²) in [5.74, 6) is 0.700. The predicted octanol–water partition coefficient (Wildman–Crippen LogP) is 2.60. The maximum absolute atomic E-state index is 8.40. The number of benzene rings is 1. The van der Waals surface area contributed by atoms with E-state index in [9.17, 15) is 0 Å². The molecule has 90 valence electrons. The molecule has 0 radical (unpaired) electrons. The first-order valence-corrected chi connectivity index (χ1v) is 5.61. The molecule has 0 fully saturated rings. The number of nitrogens with zero attached hydrogens (tertiary/aromatic N) is 2. The molecule has 0 aliphatic rings. The average molecular weight is 239 g/mol. The molecule has 0 saturated carbocycles. The third kappa shape index (κ3) is 3.49. The van der Waals surface area contributed by atoms with Gasteiger partial charge in [0.15, 0.2) is 6.61 Å². The Morgan fingerprint density at radius 3 is 2.50 bits per heavy atom. The van der Waals surface area contributed by atoms with Gasteiger partial charge in [0.2, 0.25) is 0 Å². The summed E-state index contributed by atoms with van der Waals surface area (Å²) < 4.78 is 5.18. The molecule has 2 rings (SSSR count). The largest absolute Gasteiger partial charge is 0.479 e. The van der Waals surface area contributed by atoms with Gasteiger partial charge in [-0.2, -0.15) is 5.26 Å². The number of rotatable bonds is 5. The van der Waals surface area contributed by atoms with E-state index in [4.69, 9.17) is 10.00 Å². The molecule has 4 nitrogen and oxygen atoms in total. The highest BCUT2D eigenvalue weighted by Crippen LogP contribution is 2.16. The second-order valence-electron chi connectivity index (χ2n) is 3.68. The maximum atomic E-state index is 8.40. The molecule has 1 N–H and O–H groups in total. The molecule has 18 heavy (non-hydrogen) atoms. The van der Waals surface area contributed by atoms with Gasteiger partial charge < -0.3 is 10.1 Å². The Bertz CT molecular complexity index is 517. The molecule has 0 amide bonds. The summed E-state index contributed by atoms with van der Waals surface area (Å²) in [6.07, 6.45) is 3.55. The highest BCUT2D eigenvalue weighted by atomic mass is 16.5. The second kappa shape index (κ2) is 6.26. The van der Waals surface area contributed by atoms with Crippen molar-refractivity contribution in [3.05, 3.63) is 54.4 Å². The van der Waals surface area contributed by atoms with Gasteiger partial charge in [0.25, 0.3) is 0 Å². The van der Waals surface area contributed by atoms with Crippen LogP contribution in [0.5, 0.6) is 5.75 Å². The van der Waals surface area contributed by atoms with Crippen molar-refractivity contribution in [3.63, 3.8) is 0 Å². The molecule has 0 spiro atoms. The summed E-state index contributed by atoms with van der Waals surface area (Å²) in [4.78, 5) is 3.97. The van der Waals surface area contributed by atoms with Crippen molar-refractivity contribution in [2.45, 2.75) is 6.54 Å². The molecule has 0 atom stereocenters. The third-order valence-electron chi connectivity index (χ3n) is 2.40. The van der Waals surface area contributed by atoms with E-state index >= 15 is 0 Å². The van der Waals surface area contributed by atoms with Crippen LogP contribution in [0.25, 0.3) is 0 Å². The Kier molecular flexibility index (Phi) is 4.15. The van der Waals surface area contributed by atoms with Crippen LogP contribution in [0.4, 0.5) is 5.69 Å². The summed E-state index contributed by atoms with van der Waals surface area (Å²) >= 11 is 0. The van der Waals surface area contributed by atoms with Crippen molar-refractivity contribution in [1.82, 2.24) is 4.98 Å². The molecule has 0 bridgehead atoms. The Hall–Kier alpha value is -2.54. The zero-order chi connectivity index (χ0) is 12.6. The smallest absolute Gasteiger partial charge is 0.174 e. The van der Waals surface area contributed by atoms with Crippen LogP contribution in [-0.4, -0.2) is 11.6 Å². The summed E-state index contributed by atoms with van der Waals surface area (Å²) in [5, 5.41) is 11.7. The van der Waals surface area contributed by atoms with Gasteiger partial charge in [0.05, 0.1) is 0 Å². The van der Waals surface area contributed by atoms with E-state index in [0.29, 0.717) is 5.75 Å². The van der Waals surface area contributed by atoms with Crippen LogP contribution in [0.3, 0.4) is 0 Å². The monoisotopic (exact) mass is 239 g/mol. The van der Waals surface area contributed by atoms with E-state index in [1.54, 1.807) is 12.4 Å². The molecule has 0 aliphatic carbocycles. The summed E-state index contributed by atoms with van der Waals surface area (Å²) in [6.45, 7) is 0.824. The van der Waals surface area contributed by atoms with Gasteiger partial charge in [-0.3, -0.25) is 4.98 Å². The minimum Gasteiger partial charge on any atom is -0.479 e. The van der Waals surface area contributed by atoms with Crippen LogP contribution >= 0.6 is 0 Å². The predicted molar refractivity (Wildman–Crippen MR) is 69.1 cm³/mol. The van der Waals surface area contributed by atoms with Gasteiger partial charge >= 0.3 is 0 Å². The number of hydrogen-bond donors (Lipinski definition) is 1. The van der Waals surface area contributed by atoms with Crippen LogP contribution in [-0.2, 0) is 6.54 Å². The Balaban J connectivity index is 1.89. The normalized spacial score (nSPS) is 9.50. The van der Waals surface area contributed by atoms with Crippen molar-refractivity contribution >= 4 is 5.69 Å². The van der Waals surface area contributed by atoms with E-state index in [0.717, 1.165) is 12.2 Å². The van der Waals surface area contributed by atoms with E-state index in [-0.39, 0.29) is 6.61 Å². The van der Waals surface area contributed by atoms with E-state index in [2.05, 4.69) is 10.3 Å². The number of hydrogen-bond acceptors (Lipinski definition) is 4. The molecular weight excluding hydrogens is 226 g/mol. The lowest BCUT2D eigenvalue weighted by molar-refractivity contribution is 0.368. The van der Waals surface area contributed by atoms with E-state index < -0.39 is 0 Å². The molecule has 0 aliphatic heterocycles. The molecule has 4 heteroatoms. The minimum atomic E-state index is 0.0732. The van der Waals surface area contributed by atoms with E-state index in [1.807, 2.05) is 42.5 Å². The first-order valence-electron chi connectivity index (χ1n) is 5.61. The maximum Gasteiger partial charge on any atom is 0.174 e. The number of nitriles is 1. The topological polar surface area (TPSA) is 57.9 Å². The summed E-state index contributed by atoms with van der Waals surface area (Å²) in [7, 11) is 0. The zero-order valence-corrected chi connectivity index (χ0v) is 9.84. The van der Waals surface area contributed by atoms with Crippen molar-refractivity contribution < 1.29 is 4.74 Å². The van der Waals surface area contributed by atoms with Crippen LogP contribution in [0.1, 0.15) is 5.56 Å². The lowest BCUT2D eigenvalue weighted by Gasteiger charge is -2.07. The van der Waals surface area contributed by atoms with Gasteiger partial charge in [-0.25, -0.2) is 0 Å². The van der Waals surface area contributed by atoms with Gasteiger partial charge in [-0.1, -0.05) is 0 Å². The highest BCUT2D eigenvalue weighted by Gasteiger charge is 1.95. The SMILES string of the molecule is N#CCOc1ccc(NCc2ccncc2)cc1. The number of ether oxygens (including phenoxy) is 1. The van der Waals surface area contributed by atoms with Crippen LogP contribution in [0.15, 0.2) is 48.8 Å². The van der Waals surface area contributed by atoms with Crippen molar-refractivity contribution in [3.8, 4) is 11.8 Å². The fourth-order valence-corrected chi connectivity index (χ4v) is 1.49. The fourth-order valence-electron chi connectivity index (χ4n) is 1.49. The molecule has 1 heterocycles. The molecule has 0 unspecified atom stereocenters. The first kappa shape index (κ1) is 11.9. The van der Waals surface area contributed by atoms with Crippen molar-refractivity contribution in [1.29, 1.82) is 5.26 Å². The first-order chi connectivity index (χ1) is 8.88. The lowest BCUT2D eigenvalue weighted by atomic mass is 10.2. The average Bonchev–Trinajstić information content (AvgIpc) is 2.45. The molecular formula is C14H13N3O. The Morgan fingerprint density at radius 1 is 1.11 bits per heavy atom. The number of anilines is 1. The minimum absolute atomic E-state index is 0.0732. The lowest BCUT2D eigenvalue weighted by Crippen LogP contribution is -1.99. The molecule has 2 aromatic rings. The van der Waals surface area contributed by atoms with Crippen molar-refractivity contribution in [2.24, 2.45) is 0 Å². The third-order valence-corrected chi connectivity index (χ3v) is 2.40. The highest BCUT2D eigenvalue weighted by molar-refractivity contribution is 5.46. The van der Waals surface area contributed by atoms with Crippen LogP contribution in [0, 0.1) is 11.3 Å². The summed E-state index contributed by atoms with van der Waals surface area (Å²) in [6, 6.07) is 13.4. The number of nitrogens with one attached hydrogen (secondary N) is 1. The Labute approximate surface area is 106 Å². The van der Waals surface area contributed by atoms with Gasteiger partial charge in [-0.05, 0) is 42.0 Å². The van der Waals surface area contributed by atoms with Gasteiger partial charge in [0.1, 0.15) is 11.8 Å².